The average molecular weight is 261 g/mol. The lowest BCUT2D eigenvalue weighted by Crippen LogP contribution is -2.04. The Balaban J connectivity index is 2.35. The topological polar surface area (TPSA) is 61.5 Å². The summed E-state index contributed by atoms with van der Waals surface area (Å²) in [6.45, 7) is 0. The Hall–Kier alpha value is -2.56. The molecular formula is C14H12FNO3. The van der Waals surface area contributed by atoms with E-state index in [-0.39, 0.29) is 17.0 Å². The molecular weight excluding hydrogens is 249 g/mol. The van der Waals surface area contributed by atoms with E-state index in [1.54, 1.807) is 24.3 Å². The summed E-state index contributed by atoms with van der Waals surface area (Å²) in [6.07, 6.45) is 0. The highest BCUT2D eigenvalue weighted by Gasteiger charge is 2.13. The number of para-hydroxylation sites is 1. The Kier molecular flexibility index (Phi) is 3.66. The first-order valence-electron chi connectivity index (χ1n) is 5.52. The number of nitrogen functional groups attached to an aromatic ring is 1. The zero-order chi connectivity index (χ0) is 13.8. The second kappa shape index (κ2) is 5.39. The first-order chi connectivity index (χ1) is 9.11. The van der Waals surface area contributed by atoms with E-state index in [0.29, 0.717) is 5.75 Å². The zero-order valence-electron chi connectivity index (χ0n) is 10.2. The summed E-state index contributed by atoms with van der Waals surface area (Å²) >= 11 is 0. The first kappa shape index (κ1) is 12.9. The molecule has 0 aromatic heterocycles. The van der Waals surface area contributed by atoms with Gasteiger partial charge in [-0.25, -0.2) is 9.18 Å². The van der Waals surface area contributed by atoms with Crippen LogP contribution in [0.4, 0.5) is 10.1 Å². The fourth-order valence-corrected chi connectivity index (χ4v) is 1.56. The molecule has 0 unspecified atom stereocenters. The highest BCUT2D eigenvalue weighted by molar-refractivity contribution is 5.92. The Morgan fingerprint density at radius 3 is 2.58 bits per heavy atom. The van der Waals surface area contributed by atoms with Crippen LogP contribution in [0.3, 0.4) is 0 Å². The van der Waals surface area contributed by atoms with Gasteiger partial charge in [-0.15, -0.1) is 0 Å². The van der Waals surface area contributed by atoms with Gasteiger partial charge < -0.3 is 15.2 Å². The van der Waals surface area contributed by atoms with Crippen LogP contribution in [0.1, 0.15) is 10.4 Å². The van der Waals surface area contributed by atoms with Gasteiger partial charge in [0.1, 0.15) is 17.1 Å². The van der Waals surface area contributed by atoms with Crippen molar-refractivity contribution in [1.82, 2.24) is 0 Å². The molecule has 4 nitrogen and oxygen atoms in total. The Morgan fingerprint density at radius 1 is 1.16 bits per heavy atom. The summed E-state index contributed by atoms with van der Waals surface area (Å²) in [7, 11) is 1.28. The molecule has 2 aromatic carbocycles. The van der Waals surface area contributed by atoms with Crippen molar-refractivity contribution >= 4 is 11.7 Å². The van der Waals surface area contributed by atoms with Crippen molar-refractivity contribution in [2.75, 3.05) is 12.8 Å². The van der Waals surface area contributed by atoms with Crippen LogP contribution in [0.2, 0.25) is 0 Å². The van der Waals surface area contributed by atoms with Crippen molar-refractivity contribution in [2.45, 2.75) is 0 Å². The minimum absolute atomic E-state index is 0.152. The van der Waals surface area contributed by atoms with Gasteiger partial charge in [-0.05, 0) is 24.3 Å². The van der Waals surface area contributed by atoms with E-state index in [4.69, 9.17) is 10.5 Å². The fourth-order valence-electron chi connectivity index (χ4n) is 1.56. The Labute approximate surface area is 109 Å². The number of rotatable bonds is 3. The molecule has 0 fully saturated rings. The Bertz CT molecular complexity index is 613. The lowest BCUT2D eigenvalue weighted by molar-refractivity contribution is 0.0598. The van der Waals surface area contributed by atoms with Crippen LogP contribution in [0.15, 0.2) is 42.5 Å². The molecule has 98 valence electrons. The third-order valence-corrected chi connectivity index (χ3v) is 2.48. The van der Waals surface area contributed by atoms with Gasteiger partial charge in [0.15, 0.2) is 5.75 Å². The number of carbonyl (C=O) groups is 1. The summed E-state index contributed by atoms with van der Waals surface area (Å²) in [4.78, 5) is 11.6. The number of methoxy groups -OCH3 is 1. The van der Waals surface area contributed by atoms with Gasteiger partial charge in [0, 0.05) is 6.07 Å². The summed E-state index contributed by atoms with van der Waals surface area (Å²) < 4.78 is 23.1. The van der Waals surface area contributed by atoms with Crippen molar-refractivity contribution in [3.05, 3.63) is 53.8 Å². The second-order valence-electron chi connectivity index (χ2n) is 3.77. The number of halogens is 1. The van der Waals surface area contributed by atoms with E-state index in [1.807, 2.05) is 0 Å². The Morgan fingerprint density at radius 2 is 1.89 bits per heavy atom. The van der Waals surface area contributed by atoms with Crippen LogP contribution in [-0.4, -0.2) is 13.1 Å². The molecule has 2 N–H and O–H groups in total. The summed E-state index contributed by atoms with van der Waals surface area (Å²) in [5.74, 6) is -0.396. The lowest BCUT2D eigenvalue weighted by atomic mass is 10.2. The largest absolute Gasteiger partial charge is 0.465 e. The molecule has 2 aromatic rings. The van der Waals surface area contributed by atoms with Gasteiger partial charge in [-0.1, -0.05) is 12.1 Å². The zero-order valence-corrected chi connectivity index (χ0v) is 10.2. The molecule has 0 aliphatic carbocycles. The van der Waals surface area contributed by atoms with Gasteiger partial charge in [0.25, 0.3) is 0 Å². The van der Waals surface area contributed by atoms with E-state index in [9.17, 15) is 9.18 Å². The van der Waals surface area contributed by atoms with Gasteiger partial charge in [0.05, 0.1) is 12.8 Å². The molecule has 0 bridgehead atoms. The first-order valence-corrected chi connectivity index (χ1v) is 5.52. The third-order valence-electron chi connectivity index (χ3n) is 2.48. The number of hydrogen-bond acceptors (Lipinski definition) is 4. The summed E-state index contributed by atoms with van der Waals surface area (Å²) in [6, 6.07) is 10.4. The van der Waals surface area contributed by atoms with Crippen LogP contribution in [0.25, 0.3) is 0 Å². The fraction of sp³-hybridized carbons (Fsp3) is 0.0714. The predicted octanol–water partition coefficient (Wildman–Crippen LogP) is 2.99. The van der Waals surface area contributed by atoms with Crippen molar-refractivity contribution in [3.8, 4) is 11.5 Å². The van der Waals surface area contributed by atoms with Crippen molar-refractivity contribution in [2.24, 2.45) is 0 Å². The molecule has 5 heteroatoms. The van der Waals surface area contributed by atoms with Crippen LogP contribution >= 0.6 is 0 Å². The van der Waals surface area contributed by atoms with Crippen LogP contribution in [-0.2, 0) is 4.74 Å². The van der Waals surface area contributed by atoms with Crippen LogP contribution in [0, 0.1) is 5.82 Å². The lowest BCUT2D eigenvalue weighted by Gasteiger charge is -2.11. The maximum absolute atomic E-state index is 12.9. The number of esters is 1. The highest BCUT2D eigenvalue weighted by atomic mass is 19.1. The predicted molar refractivity (Wildman–Crippen MR) is 68.7 cm³/mol. The van der Waals surface area contributed by atoms with Gasteiger partial charge in [-0.3, -0.25) is 0 Å². The van der Waals surface area contributed by atoms with E-state index in [0.717, 1.165) is 6.07 Å². The number of benzene rings is 2. The monoisotopic (exact) mass is 261 g/mol. The molecule has 0 radical (unpaired) electrons. The quantitative estimate of drug-likeness (QED) is 0.681. The maximum atomic E-state index is 12.9. The number of hydrogen-bond donors (Lipinski definition) is 1. The number of ether oxygens (including phenoxy) is 2. The van der Waals surface area contributed by atoms with E-state index in [1.165, 1.54) is 19.2 Å². The minimum atomic E-state index is -0.517. The minimum Gasteiger partial charge on any atom is -0.465 e. The summed E-state index contributed by atoms with van der Waals surface area (Å²) in [5, 5.41) is 0. The molecule has 0 saturated heterocycles. The van der Waals surface area contributed by atoms with E-state index in [2.05, 4.69) is 4.74 Å². The molecule has 0 spiro atoms. The molecule has 0 saturated carbocycles. The molecule has 0 atom stereocenters. The molecule has 0 amide bonds. The molecule has 0 aliphatic heterocycles. The molecule has 19 heavy (non-hydrogen) atoms. The molecule has 2 rings (SSSR count). The number of anilines is 1. The summed E-state index contributed by atoms with van der Waals surface area (Å²) in [5.41, 5.74) is 6.07. The standard InChI is InChI=1S/C14H12FNO3/c1-18-14(17)10-4-2-3-5-12(10)19-13-7-6-9(15)8-11(13)16/h2-8H,16H2,1H3. The number of nitrogens with two attached hydrogens (primary N) is 1. The highest BCUT2D eigenvalue weighted by Crippen LogP contribution is 2.30. The van der Waals surface area contributed by atoms with Gasteiger partial charge in [0.2, 0.25) is 0 Å². The van der Waals surface area contributed by atoms with Crippen molar-refractivity contribution in [1.29, 1.82) is 0 Å². The van der Waals surface area contributed by atoms with Crippen LogP contribution in [0.5, 0.6) is 11.5 Å². The van der Waals surface area contributed by atoms with Crippen LogP contribution < -0.4 is 10.5 Å². The molecule has 0 heterocycles. The third kappa shape index (κ3) is 2.82. The van der Waals surface area contributed by atoms with E-state index < -0.39 is 11.8 Å². The van der Waals surface area contributed by atoms with Gasteiger partial charge >= 0.3 is 5.97 Å². The van der Waals surface area contributed by atoms with Gasteiger partial charge in [-0.2, -0.15) is 0 Å². The maximum Gasteiger partial charge on any atom is 0.341 e. The van der Waals surface area contributed by atoms with E-state index >= 15 is 0 Å². The molecule has 0 aliphatic rings. The normalized spacial score (nSPS) is 10.0. The second-order valence-corrected chi connectivity index (χ2v) is 3.77. The average Bonchev–Trinajstić information content (AvgIpc) is 2.41. The smallest absolute Gasteiger partial charge is 0.341 e. The number of carbonyl (C=O) groups excluding carboxylic acids is 1. The van der Waals surface area contributed by atoms with Crippen molar-refractivity contribution in [3.63, 3.8) is 0 Å². The van der Waals surface area contributed by atoms with Crippen molar-refractivity contribution < 1.29 is 18.7 Å². The SMILES string of the molecule is COC(=O)c1ccccc1Oc1ccc(F)cc1N.